The van der Waals surface area contributed by atoms with Gasteiger partial charge in [0.05, 0.1) is 4.90 Å². The van der Waals surface area contributed by atoms with Crippen molar-refractivity contribution in [2.75, 3.05) is 13.6 Å². The lowest BCUT2D eigenvalue weighted by Crippen LogP contribution is -2.55. The van der Waals surface area contributed by atoms with E-state index < -0.39 is 21.4 Å². The van der Waals surface area contributed by atoms with Gasteiger partial charge in [0.2, 0.25) is 10.0 Å². The van der Waals surface area contributed by atoms with Crippen molar-refractivity contribution in [1.82, 2.24) is 4.31 Å². The Labute approximate surface area is 126 Å². The van der Waals surface area contributed by atoms with E-state index >= 15 is 0 Å². The third-order valence-corrected chi connectivity index (χ3v) is 6.72. The van der Waals surface area contributed by atoms with Crippen molar-refractivity contribution in [3.63, 3.8) is 0 Å². The molecule has 0 unspecified atom stereocenters. The van der Waals surface area contributed by atoms with Crippen LogP contribution < -0.4 is 5.73 Å². The van der Waals surface area contributed by atoms with E-state index in [1.165, 1.54) is 16.4 Å². The predicted molar refractivity (Wildman–Crippen MR) is 81.0 cm³/mol. The minimum absolute atomic E-state index is 0.0309. The molecule has 0 atom stereocenters. The Morgan fingerprint density at radius 3 is 2.48 bits per heavy atom. The molecule has 0 spiro atoms. The zero-order valence-corrected chi connectivity index (χ0v) is 13.4. The Morgan fingerprint density at radius 1 is 1.29 bits per heavy atom. The van der Waals surface area contributed by atoms with Gasteiger partial charge in [0.1, 0.15) is 5.82 Å². The molecule has 0 bridgehead atoms. The zero-order valence-electron chi connectivity index (χ0n) is 12.6. The molecule has 0 aliphatic heterocycles. The Hall–Kier alpha value is -0.980. The Kier molecular flexibility index (Phi) is 4.70. The highest BCUT2D eigenvalue weighted by molar-refractivity contribution is 7.89. The average Bonchev–Trinajstić information content (AvgIpc) is 2.49. The number of nitrogens with two attached hydrogens (primary N) is 1. The first-order valence-electron chi connectivity index (χ1n) is 7.29. The van der Waals surface area contributed by atoms with Gasteiger partial charge in [-0.05, 0) is 37.5 Å². The number of likely N-dealkylation sites (N-methyl/N-ethyl adjacent to an activating group) is 1. The van der Waals surface area contributed by atoms with Crippen LogP contribution in [0.2, 0.25) is 0 Å². The van der Waals surface area contributed by atoms with Crippen LogP contribution in [-0.4, -0.2) is 31.9 Å². The van der Waals surface area contributed by atoms with E-state index in [9.17, 15) is 12.8 Å². The smallest absolute Gasteiger partial charge is 0.243 e. The average molecular weight is 314 g/mol. The monoisotopic (exact) mass is 314 g/mol. The van der Waals surface area contributed by atoms with Gasteiger partial charge in [-0.3, -0.25) is 0 Å². The number of halogens is 1. The van der Waals surface area contributed by atoms with Crippen LogP contribution in [0.15, 0.2) is 23.1 Å². The predicted octanol–water partition coefficient (Wildman–Crippen LogP) is 2.42. The molecule has 2 N–H and O–H groups in total. The molecule has 1 fully saturated rings. The van der Waals surface area contributed by atoms with E-state index in [4.69, 9.17) is 5.73 Å². The normalized spacial score (nSPS) is 18.9. The van der Waals surface area contributed by atoms with Crippen molar-refractivity contribution in [3.8, 4) is 0 Å². The molecule has 0 amide bonds. The summed E-state index contributed by atoms with van der Waals surface area (Å²) in [6.07, 6.45) is 4.56. The molecule has 1 saturated carbocycles. The number of hydrogen-bond donors (Lipinski definition) is 1. The van der Waals surface area contributed by atoms with Crippen molar-refractivity contribution >= 4 is 10.0 Å². The van der Waals surface area contributed by atoms with Crippen molar-refractivity contribution in [2.45, 2.75) is 49.5 Å². The molecule has 2 rings (SSSR count). The second-order valence-corrected chi connectivity index (χ2v) is 7.81. The molecule has 1 aromatic rings. The Bertz CT molecular complexity index is 610. The zero-order chi connectivity index (χ0) is 15.7. The quantitative estimate of drug-likeness (QED) is 0.928. The lowest BCUT2D eigenvalue weighted by molar-refractivity contribution is 0.159. The lowest BCUT2D eigenvalue weighted by Gasteiger charge is -2.43. The van der Waals surface area contributed by atoms with Crippen LogP contribution in [0.4, 0.5) is 4.39 Å². The molecule has 0 saturated heterocycles. The van der Waals surface area contributed by atoms with E-state index in [0.29, 0.717) is 5.56 Å². The molecule has 6 heteroatoms. The molecular weight excluding hydrogens is 291 g/mol. The molecule has 0 aromatic heterocycles. The molecule has 1 aliphatic carbocycles. The van der Waals surface area contributed by atoms with Crippen LogP contribution >= 0.6 is 0 Å². The highest BCUT2D eigenvalue weighted by Gasteiger charge is 2.41. The summed E-state index contributed by atoms with van der Waals surface area (Å²) in [5.41, 5.74) is 5.90. The fraction of sp³-hybridized carbons (Fsp3) is 0.600. The molecular formula is C15H23FN2O2S. The van der Waals surface area contributed by atoms with Gasteiger partial charge >= 0.3 is 0 Å². The number of hydrogen-bond acceptors (Lipinski definition) is 3. The summed E-state index contributed by atoms with van der Waals surface area (Å²) in [5, 5.41) is 0. The summed E-state index contributed by atoms with van der Waals surface area (Å²) in [6.45, 7) is 1.97. The molecule has 1 aliphatic rings. The maximum Gasteiger partial charge on any atom is 0.243 e. The van der Waals surface area contributed by atoms with Crippen molar-refractivity contribution in [3.05, 3.63) is 29.6 Å². The summed E-state index contributed by atoms with van der Waals surface area (Å²) in [4.78, 5) is 0.0309. The van der Waals surface area contributed by atoms with Gasteiger partial charge in [-0.1, -0.05) is 25.3 Å². The second kappa shape index (κ2) is 6.02. The molecule has 118 valence electrons. The fourth-order valence-corrected chi connectivity index (χ4v) is 4.91. The van der Waals surface area contributed by atoms with Gasteiger partial charge in [-0.15, -0.1) is 0 Å². The molecule has 21 heavy (non-hydrogen) atoms. The van der Waals surface area contributed by atoms with Crippen molar-refractivity contribution < 1.29 is 12.8 Å². The number of sulfonamides is 1. The second-order valence-electron chi connectivity index (χ2n) is 5.87. The molecule has 4 nitrogen and oxygen atoms in total. The minimum Gasteiger partial charge on any atom is -0.329 e. The minimum atomic E-state index is -3.75. The van der Waals surface area contributed by atoms with Gasteiger partial charge in [0.15, 0.2) is 0 Å². The van der Waals surface area contributed by atoms with E-state index in [0.717, 1.165) is 38.2 Å². The molecule has 0 radical (unpaired) electrons. The summed E-state index contributed by atoms with van der Waals surface area (Å²) >= 11 is 0. The third-order valence-electron chi connectivity index (χ3n) is 4.62. The number of aryl methyl sites for hydroxylation is 1. The van der Waals surface area contributed by atoms with E-state index in [2.05, 4.69) is 0 Å². The maximum absolute atomic E-state index is 13.5. The topological polar surface area (TPSA) is 63.4 Å². The van der Waals surface area contributed by atoms with Gasteiger partial charge in [0, 0.05) is 19.1 Å². The summed E-state index contributed by atoms with van der Waals surface area (Å²) in [5.74, 6) is -0.544. The molecule has 0 heterocycles. The maximum atomic E-state index is 13.5. The number of rotatable bonds is 4. The van der Waals surface area contributed by atoms with Crippen molar-refractivity contribution in [1.29, 1.82) is 0 Å². The van der Waals surface area contributed by atoms with E-state index in [1.807, 2.05) is 0 Å². The first kappa shape index (κ1) is 16.4. The van der Waals surface area contributed by atoms with Gasteiger partial charge in [-0.25, -0.2) is 12.8 Å². The van der Waals surface area contributed by atoms with E-state index in [-0.39, 0.29) is 11.4 Å². The Balaban J connectivity index is 2.44. The van der Waals surface area contributed by atoms with Gasteiger partial charge < -0.3 is 5.73 Å². The first-order valence-corrected chi connectivity index (χ1v) is 8.73. The van der Waals surface area contributed by atoms with Crippen molar-refractivity contribution in [2.24, 2.45) is 5.73 Å². The largest absolute Gasteiger partial charge is 0.329 e. The summed E-state index contributed by atoms with van der Waals surface area (Å²) in [6, 6.07) is 3.86. The van der Waals surface area contributed by atoms with Gasteiger partial charge in [-0.2, -0.15) is 4.31 Å². The standard InChI is InChI=1S/C15H23FN2O2S/c1-12-6-7-13(16)10-14(12)21(19,20)18(2)15(11-17)8-4-3-5-9-15/h6-7,10H,3-5,8-9,11,17H2,1-2H3. The SMILES string of the molecule is Cc1ccc(F)cc1S(=O)(=O)N(C)C1(CN)CCCCC1. The fourth-order valence-electron chi connectivity index (χ4n) is 3.11. The first-order chi connectivity index (χ1) is 9.83. The summed E-state index contributed by atoms with van der Waals surface area (Å²) in [7, 11) is -2.18. The van der Waals surface area contributed by atoms with Crippen LogP contribution in [-0.2, 0) is 10.0 Å². The Morgan fingerprint density at radius 2 is 1.90 bits per heavy atom. The number of benzene rings is 1. The number of nitrogens with zero attached hydrogens (tertiary/aromatic N) is 1. The van der Waals surface area contributed by atoms with Crippen LogP contribution in [0.3, 0.4) is 0 Å². The van der Waals surface area contributed by atoms with Crippen LogP contribution in [0.25, 0.3) is 0 Å². The van der Waals surface area contributed by atoms with E-state index in [1.54, 1.807) is 14.0 Å². The van der Waals surface area contributed by atoms with Gasteiger partial charge in [0.25, 0.3) is 0 Å². The molecule has 1 aromatic carbocycles. The summed E-state index contributed by atoms with van der Waals surface area (Å²) < 4.78 is 40.6. The van der Waals surface area contributed by atoms with Crippen LogP contribution in [0, 0.1) is 12.7 Å². The lowest BCUT2D eigenvalue weighted by atomic mass is 9.82. The highest BCUT2D eigenvalue weighted by Crippen LogP contribution is 2.36. The third kappa shape index (κ3) is 2.98. The highest BCUT2D eigenvalue weighted by atomic mass is 32.2. The van der Waals surface area contributed by atoms with Crippen LogP contribution in [0.5, 0.6) is 0 Å². The van der Waals surface area contributed by atoms with Crippen LogP contribution in [0.1, 0.15) is 37.7 Å².